The number of rotatable bonds is 4. The number of benzene rings is 1. The first kappa shape index (κ1) is 20.4. The number of carbonyl (C=O) groups excluding carboxylic acids is 3. The van der Waals surface area contributed by atoms with Gasteiger partial charge in [0.05, 0.1) is 20.5 Å². The molecule has 2 aromatic rings. The first-order chi connectivity index (χ1) is 13.9. The molecule has 1 unspecified atom stereocenters. The fraction of sp³-hybridized carbons (Fsp3) is 0.350. The maximum absolute atomic E-state index is 12.6. The number of aryl methyl sites for hydroxylation is 1. The summed E-state index contributed by atoms with van der Waals surface area (Å²) < 4.78 is 0.896. The Morgan fingerprint density at radius 3 is 2.69 bits per heavy atom. The van der Waals surface area contributed by atoms with E-state index < -0.39 is 0 Å². The van der Waals surface area contributed by atoms with E-state index in [4.69, 9.17) is 0 Å². The maximum atomic E-state index is 12.6. The quantitative estimate of drug-likeness (QED) is 0.707. The lowest BCUT2D eigenvalue weighted by atomic mass is 10.1. The molecule has 1 aromatic heterocycles. The molecule has 152 valence electrons. The van der Waals surface area contributed by atoms with Gasteiger partial charge in [-0.2, -0.15) is 11.8 Å². The summed E-state index contributed by atoms with van der Waals surface area (Å²) in [5.74, 6) is 1.39. The minimum Gasteiger partial charge on any atom is -0.346 e. The zero-order valence-corrected chi connectivity index (χ0v) is 19.0. The normalized spacial score (nSPS) is 19.7. The van der Waals surface area contributed by atoms with E-state index in [0.29, 0.717) is 23.7 Å². The molecule has 1 atom stereocenters. The highest BCUT2D eigenvalue weighted by atomic mass is 79.9. The number of hydrogen-bond acceptors (Lipinski definition) is 5. The van der Waals surface area contributed by atoms with E-state index in [1.807, 2.05) is 36.1 Å². The topological polar surface area (TPSA) is 69.7 Å². The molecule has 2 saturated heterocycles. The Bertz CT molecular complexity index is 978. The Labute approximate surface area is 185 Å². The molecule has 3 amide bonds. The second-order valence-corrected chi connectivity index (χ2v) is 10.6. The number of nitrogens with zero attached hydrogens (tertiary/aromatic N) is 2. The Balaban J connectivity index is 1.46. The van der Waals surface area contributed by atoms with Crippen LogP contribution in [0.5, 0.6) is 0 Å². The fourth-order valence-electron chi connectivity index (χ4n) is 3.63. The van der Waals surface area contributed by atoms with Crippen LogP contribution in [0.3, 0.4) is 0 Å². The van der Waals surface area contributed by atoms with E-state index in [1.165, 1.54) is 11.3 Å². The molecule has 29 heavy (non-hydrogen) atoms. The van der Waals surface area contributed by atoms with Gasteiger partial charge in [-0.05, 0) is 58.7 Å². The van der Waals surface area contributed by atoms with Gasteiger partial charge in [0.25, 0.3) is 5.91 Å². The van der Waals surface area contributed by atoms with Crippen LogP contribution in [-0.2, 0) is 9.59 Å². The van der Waals surface area contributed by atoms with Crippen LogP contribution in [0.2, 0.25) is 0 Å². The molecule has 4 rings (SSSR count). The molecule has 1 N–H and O–H groups in total. The van der Waals surface area contributed by atoms with Gasteiger partial charge >= 0.3 is 0 Å². The molecule has 0 aliphatic carbocycles. The summed E-state index contributed by atoms with van der Waals surface area (Å²) in [6.45, 7) is 3.11. The van der Waals surface area contributed by atoms with Crippen LogP contribution in [0.15, 0.2) is 34.1 Å². The maximum Gasteiger partial charge on any atom is 0.261 e. The molecule has 2 aliphatic rings. The average Bonchev–Trinajstić information content (AvgIpc) is 3.28. The zero-order chi connectivity index (χ0) is 20.5. The van der Waals surface area contributed by atoms with Gasteiger partial charge in [0.15, 0.2) is 0 Å². The molecular weight excluding hydrogens is 474 g/mol. The first-order valence-corrected chi connectivity index (χ1v) is 12.0. The smallest absolute Gasteiger partial charge is 0.261 e. The Morgan fingerprint density at radius 2 is 2.00 bits per heavy atom. The van der Waals surface area contributed by atoms with Crippen molar-refractivity contribution in [2.45, 2.75) is 19.4 Å². The minimum absolute atomic E-state index is 0.0136. The molecule has 0 bridgehead atoms. The van der Waals surface area contributed by atoms with E-state index in [0.717, 1.165) is 26.5 Å². The van der Waals surface area contributed by atoms with Crippen LogP contribution < -0.4 is 15.1 Å². The van der Waals surface area contributed by atoms with Crippen LogP contribution in [0.25, 0.3) is 0 Å². The molecule has 2 aliphatic heterocycles. The average molecular weight is 494 g/mol. The van der Waals surface area contributed by atoms with Crippen molar-refractivity contribution in [3.63, 3.8) is 0 Å². The van der Waals surface area contributed by atoms with Gasteiger partial charge in [-0.25, -0.2) is 0 Å². The van der Waals surface area contributed by atoms with Gasteiger partial charge in [0.2, 0.25) is 11.8 Å². The van der Waals surface area contributed by atoms with Gasteiger partial charge in [0.1, 0.15) is 0 Å². The van der Waals surface area contributed by atoms with Gasteiger partial charge in [-0.1, -0.05) is 0 Å². The Hall–Kier alpha value is -1.84. The van der Waals surface area contributed by atoms with Gasteiger partial charge in [0, 0.05) is 36.6 Å². The van der Waals surface area contributed by atoms with Gasteiger partial charge in [-0.3, -0.25) is 14.4 Å². The monoisotopic (exact) mass is 493 g/mol. The SMILES string of the molecule is Cc1cc(N2CC(NC(=O)c3ccc(Br)s3)CC2=O)ccc1N1CCSCC1=O. The molecular formula is C20H20BrN3O3S2. The number of thioether (sulfide) groups is 1. The highest BCUT2D eigenvalue weighted by molar-refractivity contribution is 9.11. The minimum atomic E-state index is -0.225. The number of anilines is 2. The third kappa shape index (κ3) is 4.36. The number of hydrogen-bond donors (Lipinski definition) is 1. The zero-order valence-electron chi connectivity index (χ0n) is 15.8. The van der Waals surface area contributed by atoms with Crippen molar-refractivity contribution in [1.82, 2.24) is 5.32 Å². The number of amides is 3. The molecule has 1 aromatic carbocycles. The van der Waals surface area contributed by atoms with Gasteiger partial charge in [-0.15, -0.1) is 11.3 Å². The number of halogens is 1. The molecule has 0 saturated carbocycles. The number of nitrogens with one attached hydrogen (secondary N) is 1. The lowest BCUT2D eigenvalue weighted by Gasteiger charge is -2.28. The van der Waals surface area contributed by atoms with Crippen LogP contribution >= 0.6 is 39.0 Å². The Kier molecular flexibility index (Phi) is 5.98. The second kappa shape index (κ2) is 8.49. The number of thiophene rings is 1. The summed E-state index contributed by atoms with van der Waals surface area (Å²) in [5, 5.41) is 2.96. The summed E-state index contributed by atoms with van der Waals surface area (Å²) in [6.07, 6.45) is 0.279. The first-order valence-electron chi connectivity index (χ1n) is 9.27. The summed E-state index contributed by atoms with van der Waals surface area (Å²) in [7, 11) is 0. The van der Waals surface area contributed by atoms with Crippen molar-refractivity contribution in [2.24, 2.45) is 0 Å². The van der Waals surface area contributed by atoms with Crippen LogP contribution in [-0.4, -0.2) is 48.4 Å². The molecule has 9 heteroatoms. The van der Waals surface area contributed by atoms with Crippen molar-refractivity contribution >= 4 is 68.1 Å². The highest BCUT2D eigenvalue weighted by Crippen LogP contribution is 2.30. The van der Waals surface area contributed by atoms with Crippen molar-refractivity contribution < 1.29 is 14.4 Å². The Morgan fingerprint density at radius 1 is 1.17 bits per heavy atom. The van der Waals surface area contributed by atoms with Crippen LogP contribution in [0.4, 0.5) is 11.4 Å². The van der Waals surface area contributed by atoms with Gasteiger partial charge < -0.3 is 15.1 Å². The van der Waals surface area contributed by atoms with E-state index >= 15 is 0 Å². The highest BCUT2D eigenvalue weighted by Gasteiger charge is 2.32. The molecule has 3 heterocycles. The summed E-state index contributed by atoms with van der Waals surface area (Å²) in [4.78, 5) is 41.3. The van der Waals surface area contributed by atoms with E-state index in [1.54, 1.807) is 22.7 Å². The fourth-order valence-corrected chi connectivity index (χ4v) is 5.71. The lowest BCUT2D eigenvalue weighted by Crippen LogP contribution is -2.38. The predicted molar refractivity (Wildman–Crippen MR) is 121 cm³/mol. The van der Waals surface area contributed by atoms with Crippen LogP contribution in [0, 0.1) is 6.92 Å². The molecule has 0 spiro atoms. The van der Waals surface area contributed by atoms with Crippen LogP contribution in [0.1, 0.15) is 21.7 Å². The standard InChI is InChI=1S/C20H20BrN3O3S2/c1-12-8-14(2-3-15(12)23-6-7-28-11-19(23)26)24-10-13(9-18(24)25)22-20(27)16-4-5-17(21)29-16/h2-5,8,13H,6-7,9-11H2,1H3,(H,22,27). The number of carbonyl (C=O) groups is 3. The molecule has 6 nitrogen and oxygen atoms in total. The third-order valence-corrected chi connectivity index (χ3v) is 7.57. The van der Waals surface area contributed by atoms with E-state index in [-0.39, 0.29) is 30.2 Å². The van der Waals surface area contributed by atoms with E-state index in [9.17, 15) is 14.4 Å². The summed E-state index contributed by atoms with van der Waals surface area (Å²) >= 11 is 6.38. The third-order valence-electron chi connectivity index (χ3n) is 5.03. The molecule has 2 fully saturated rings. The lowest BCUT2D eigenvalue weighted by molar-refractivity contribution is -0.117. The van der Waals surface area contributed by atoms with Crippen molar-refractivity contribution in [2.75, 3.05) is 34.4 Å². The second-order valence-electron chi connectivity index (χ2n) is 7.05. The van der Waals surface area contributed by atoms with E-state index in [2.05, 4.69) is 21.2 Å². The van der Waals surface area contributed by atoms with Crippen molar-refractivity contribution in [3.05, 3.63) is 44.6 Å². The molecule has 0 radical (unpaired) electrons. The summed E-state index contributed by atoms with van der Waals surface area (Å²) in [5.41, 5.74) is 2.66. The largest absolute Gasteiger partial charge is 0.346 e. The summed E-state index contributed by atoms with van der Waals surface area (Å²) in [6, 6.07) is 9.12. The van der Waals surface area contributed by atoms with Crippen molar-refractivity contribution in [3.8, 4) is 0 Å². The predicted octanol–water partition coefficient (Wildman–Crippen LogP) is 3.43. The van der Waals surface area contributed by atoms with Crippen molar-refractivity contribution in [1.29, 1.82) is 0 Å².